The van der Waals surface area contributed by atoms with Gasteiger partial charge in [0.2, 0.25) is 10.0 Å². The van der Waals surface area contributed by atoms with Crippen LogP contribution in [-0.2, 0) is 10.0 Å². The van der Waals surface area contributed by atoms with Gasteiger partial charge in [-0.15, -0.1) is 0 Å². The van der Waals surface area contributed by atoms with E-state index in [1.54, 1.807) is 24.5 Å². The van der Waals surface area contributed by atoms with Crippen LogP contribution in [0.4, 0.5) is 11.5 Å². The fourth-order valence-corrected chi connectivity index (χ4v) is 3.67. The molecule has 0 fully saturated rings. The number of sulfonamides is 1. The smallest absolute Gasteiger partial charge is 0.259 e. The van der Waals surface area contributed by atoms with Crippen molar-refractivity contribution in [3.05, 3.63) is 58.8 Å². The molecule has 1 aromatic heterocycles. The molecule has 0 saturated carbocycles. The number of anilines is 2. The molecule has 2 heterocycles. The van der Waals surface area contributed by atoms with Gasteiger partial charge in [-0.1, -0.05) is 11.6 Å². The van der Waals surface area contributed by atoms with E-state index in [2.05, 4.69) is 20.6 Å². The predicted molar refractivity (Wildman–Crippen MR) is 110 cm³/mol. The van der Waals surface area contributed by atoms with E-state index < -0.39 is 15.9 Å². The lowest BCUT2D eigenvalue weighted by molar-refractivity contribution is 0.102. The lowest BCUT2D eigenvalue weighted by Crippen LogP contribution is -2.18. The van der Waals surface area contributed by atoms with Crippen LogP contribution in [0.3, 0.4) is 0 Å². The van der Waals surface area contributed by atoms with Gasteiger partial charge in [0.15, 0.2) is 0 Å². The molecule has 1 aliphatic heterocycles. The zero-order valence-corrected chi connectivity index (χ0v) is 16.3. The minimum atomic E-state index is -4.01. The van der Waals surface area contributed by atoms with Gasteiger partial charge in [0.1, 0.15) is 10.7 Å². The molecule has 4 N–H and O–H groups in total. The van der Waals surface area contributed by atoms with Crippen molar-refractivity contribution in [1.82, 2.24) is 4.98 Å². The Labute approximate surface area is 167 Å². The first-order chi connectivity index (χ1) is 13.3. The van der Waals surface area contributed by atoms with Gasteiger partial charge in [-0.2, -0.15) is 0 Å². The number of dihydropyridines is 1. The number of aliphatic imine (C=N–C) groups is 1. The maximum absolute atomic E-state index is 12.7. The summed E-state index contributed by atoms with van der Waals surface area (Å²) in [4.78, 5) is 20.8. The van der Waals surface area contributed by atoms with Crippen molar-refractivity contribution in [2.45, 2.75) is 11.3 Å². The van der Waals surface area contributed by atoms with Crippen molar-refractivity contribution in [2.75, 3.05) is 23.7 Å². The molecule has 0 unspecified atom stereocenters. The molecule has 3 rings (SSSR count). The molecule has 28 heavy (non-hydrogen) atoms. The van der Waals surface area contributed by atoms with Crippen molar-refractivity contribution < 1.29 is 13.2 Å². The number of allylic oxidation sites excluding steroid dienone is 1. The van der Waals surface area contributed by atoms with Crippen molar-refractivity contribution >= 4 is 45.3 Å². The SMILES string of the molecule is NS(=O)(=O)c1cc(NC(=O)c2cccnc2NCC2=CC=NCC2)ccc1Cl. The first-order valence-corrected chi connectivity index (χ1v) is 10.3. The summed E-state index contributed by atoms with van der Waals surface area (Å²) in [6, 6.07) is 7.33. The Kier molecular flexibility index (Phi) is 6.08. The van der Waals surface area contributed by atoms with Crippen LogP contribution in [0.2, 0.25) is 5.02 Å². The van der Waals surface area contributed by atoms with Gasteiger partial charge in [-0.3, -0.25) is 9.79 Å². The van der Waals surface area contributed by atoms with Crippen molar-refractivity contribution in [1.29, 1.82) is 0 Å². The van der Waals surface area contributed by atoms with Crippen LogP contribution < -0.4 is 15.8 Å². The highest BCUT2D eigenvalue weighted by Crippen LogP contribution is 2.25. The summed E-state index contributed by atoms with van der Waals surface area (Å²) in [5, 5.41) is 10.9. The summed E-state index contributed by atoms with van der Waals surface area (Å²) in [6.07, 6.45) is 6.12. The third-order valence-electron chi connectivity index (χ3n) is 4.01. The maximum atomic E-state index is 12.7. The summed E-state index contributed by atoms with van der Waals surface area (Å²) >= 11 is 5.87. The quantitative estimate of drug-likeness (QED) is 0.662. The van der Waals surface area contributed by atoms with Gasteiger partial charge in [0, 0.05) is 31.2 Å². The number of benzene rings is 1. The van der Waals surface area contributed by atoms with Gasteiger partial charge in [-0.05, 0) is 48.4 Å². The second kappa shape index (κ2) is 8.51. The second-order valence-corrected chi connectivity index (χ2v) is 7.96. The molecule has 0 spiro atoms. The van der Waals surface area contributed by atoms with E-state index >= 15 is 0 Å². The highest BCUT2D eigenvalue weighted by atomic mass is 35.5. The number of carbonyl (C=O) groups is 1. The lowest BCUT2D eigenvalue weighted by Gasteiger charge is -2.14. The van der Waals surface area contributed by atoms with Gasteiger partial charge >= 0.3 is 0 Å². The number of primary sulfonamides is 1. The van der Waals surface area contributed by atoms with Crippen LogP contribution >= 0.6 is 11.6 Å². The number of nitrogens with zero attached hydrogens (tertiary/aromatic N) is 2. The Morgan fingerprint density at radius 1 is 1.29 bits per heavy atom. The molecule has 0 atom stereocenters. The minimum absolute atomic E-state index is 0.0199. The molecular weight excluding hydrogens is 402 g/mol. The largest absolute Gasteiger partial charge is 0.366 e. The first-order valence-electron chi connectivity index (χ1n) is 8.35. The number of aromatic nitrogens is 1. The number of nitrogens with two attached hydrogens (primary N) is 1. The van der Waals surface area contributed by atoms with Gasteiger partial charge in [-0.25, -0.2) is 18.5 Å². The van der Waals surface area contributed by atoms with E-state index in [0.29, 0.717) is 17.9 Å². The number of halogens is 1. The van der Waals surface area contributed by atoms with E-state index in [4.69, 9.17) is 16.7 Å². The number of hydrogen-bond donors (Lipinski definition) is 3. The van der Waals surface area contributed by atoms with E-state index in [0.717, 1.165) is 18.5 Å². The summed E-state index contributed by atoms with van der Waals surface area (Å²) in [5.41, 5.74) is 1.72. The zero-order chi connectivity index (χ0) is 20.1. The molecule has 146 valence electrons. The predicted octanol–water partition coefficient (Wildman–Crippen LogP) is 2.45. The van der Waals surface area contributed by atoms with E-state index in [1.807, 2.05) is 6.08 Å². The fraction of sp³-hybridized carbons (Fsp3) is 0.167. The molecule has 0 bridgehead atoms. The van der Waals surface area contributed by atoms with Crippen molar-refractivity contribution in [2.24, 2.45) is 10.1 Å². The number of nitrogens with one attached hydrogen (secondary N) is 2. The molecule has 0 aliphatic carbocycles. The fourth-order valence-electron chi connectivity index (χ4n) is 2.60. The summed E-state index contributed by atoms with van der Waals surface area (Å²) in [7, 11) is -4.01. The van der Waals surface area contributed by atoms with E-state index in [9.17, 15) is 13.2 Å². The average molecular weight is 420 g/mol. The van der Waals surface area contributed by atoms with Crippen LogP contribution in [0, 0.1) is 0 Å². The molecule has 1 aliphatic rings. The summed E-state index contributed by atoms with van der Waals surface area (Å²) in [5.74, 6) is -0.0264. The minimum Gasteiger partial charge on any atom is -0.366 e. The first kappa shape index (κ1) is 20.0. The standard InChI is InChI=1S/C18H18ClN5O3S/c19-15-4-3-13(10-16(15)28(20,26)27)24-18(25)14-2-1-7-22-17(14)23-11-12-5-8-21-9-6-12/h1-5,7-8,10H,6,9,11H2,(H,22,23)(H,24,25)(H2,20,26,27). The molecular formula is C18H18ClN5O3S. The number of pyridine rings is 1. The van der Waals surface area contributed by atoms with E-state index in [1.165, 1.54) is 18.2 Å². The Bertz CT molecular complexity index is 1070. The third kappa shape index (κ3) is 4.94. The van der Waals surface area contributed by atoms with Crippen LogP contribution in [0.5, 0.6) is 0 Å². The van der Waals surface area contributed by atoms with Crippen molar-refractivity contribution in [3.63, 3.8) is 0 Å². The van der Waals surface area contributed by atoms with Crippen LogP contribution in [0.25, 0.3) is 0 Å². The molecule has 1 aromatic carbocycles. The maximum Gasteiger partial charge on any atom is 0.259 e. The average Bonchev–Trinajstić information content (AvgIpc) is 2.68. The summed E-state index contributed by atoms with van der Waals surface area (Å²) in [6.45, 7) is 1.28. The third-order valence-corrected chi connectivity index (χ3v) is 5.40. The molecule has 0 saturated heterocycles. The topological polar surface area (TPSA) is 127 Å². The molecule has 0 radical (unpaired) electrons. The molecule has 2 aromatic rings. The van der Waals surface area contributed by atoms with Gasteiger partial charge in [0.25, 0.3) is 5.91 Å². The number of rotatable bonds is 6. The monoisotopic (exact) mass is 419 g/mol. The van der Waals surface area contributed by atoms with Crippen LogP contribution in [0.15, 0.2) is 58.1 Å². The molecule has 1 amide bonds. The number of hydrogen-bond acceptors (Lipinski definition) is 6. The highest BCUT2D eigenvalue weighted by Gasteiger charge is 2.17. The Hall–Kier alpha value is -2.75. The van der Waals surface area contributed by atoms with Gasteiger partial charge < -0.3 is 10.6 Å². The van der Waals surface area contributed by atoms with Crippen LogP contribution in [-0.4, -0.2) is 38.6 Å². The van der Waals surface area contributed by atoms with Crippen LogP contribution in [0.1, 0.15) is 16.8 Å². The molecule has 8 nitrogen and oxygen atoms in total. The number of carbonyl (C=O) groups excluding carboxylic acids is 1. The normalized spacial score (nSPS) is 13.7. The lowest BCUT2D eigenvalue weighted by atomic mass is 10.1. The highest BCUT2D eigenvalue weighted by molar-refractivity contribution is 7.89. The van der Waals surface area contributed by atoms with Crippen molar-refractivity contribution in [3.8, 4) is 0 Å². The van der Waals surface area contributed by atoms with Gasteiger partial charge in [0.05, 0.1) is 10.6 Å². The Morgan fingerprint density at radius 2 is 2.11 bits per heavy atom. The Morgan fingerprint density at radius 3 is 2.82 bits per heavy atom. The summed E-state index contributed by atoms with van der Waals surface area (Å²) < 4.78 is 23.2. The Balaban J connectivity index is 1.78. The van der Waals surface area contributed by atoms with E-state index in [-0.39, 0.29) is 15.6 Å². The number of amides is 1. The molecule has 10 heteroatoms. The zero-order valence-electron chi connectivity index (χ0n) is 14.7. The second-order valence-electron chi connectivity index (χ2n) is 6.03.